The lowest BCUT2D eigenvalue weighted by Crippen LogP contribution is -2.15. The minimum atomic E-state index is -4.74. The molecule has 0 bridgehead atoms. The van der Waals surface area contributed by atoms with Crippen molar-refractivity contribution in [2.75, 3.05) is 5.73 Å². The Morgan fingerprint density at radius 1 is 0.731 bits per heavy atom. The molecule has 26 heavy (non-hydrogen) atoms. The number of aliphatic hydroxyl groups excluding tert-OH is 2. The van der Waals surface area contributed by atoms with Crippen LogP contribution < -0.4 is 5.73 Å². The van der Waals surface area contributed by atoms with E-state index >= 15 is 0 Å². The number of aliphatic hydroxyl groups is 2. The monoisotopic (exact) mass is 491 g/mol. The Hall–Kier alpha value is -1.53. The van der Waals surface area contributed by atoms with Crippen LogP contribution in [-0.2, 0) is 12.4 Å². The smallest absolute Gasteiger partial charge is 0.399 e. The zero-order valence-electron chi connectivity index (χ0n) is 12.7. The lowest BCUT2D eigenvalue weighted by molar-refractivity contribution is -0.138. The summed E-state index contributed by atoms with van der Waals surface area (Å²) in [5, 5.41) is 20.4. The minimum Gasteiger partial charge on any atom is -0.399 e. The molecule has 0 spiro atoms. The molecule has 2 unspecified atom stereocenters. The SMILES string of the molecule is Nc1cc(C(O)C(O)c2cc(I)cc(C(F)(F)F)c2)cc(C(F)(F)F)c1. The van der Waals surface area contributed by atoms with Gasteiger partial charge in [-0.15, -0.1) is 0 Å². The van der Waals surface area contributed by atoms with Gasteiger partial charge in [-0.3, -0.25) is 0 Å². The second-order valence-electron chi connectivity index (χ2n) is 5.55. The second kappa shape index (κ2) is 7.24. The molecule has 0 aromatic heterocycles. The lowest BCUT2D eigenvalue weighted by Gasteiger charge is -2.21. The third-order valence-corrected chi connectivity index (χ3v) is 4.16. The van der Waals surface area contributed by atoms with E-state index in [0.29, 0.717) is 18.2 Å². The van der Waals surface area contributed by atoms with Crippen LogP contribution in [0.2, 0.25) is 0 Å². The average molecular weight is 491 g/mol. The molecule has 2 atom stereocenters. The lowest BCUT2D eigenvalue weighted by atomic mass is 9.95. The van der Waals surface area contributed by atoms with E-state index in [1.54, 1.807) is 22.6 Å². The summed E-state index contributed by atoms with van der Waals surface area (Å²) in [6.45, 7) is 0. The first-order chi connectivity index (χ1) is 11.8. The molecule has 142 valence electrons. The maximum atomic E-state index is 12.9. The molecule has 0 radical (unpaired) electrons. The zero-order valence-corrected chi connectivity index (χ0v) is 14.9. The van der Waals surface area contributed by atoms with Gasteiger partial charge in [-0.25, -0.2) is 0 Å². The summed E-state index contributed by atoms with van der Waals surface area (Å²) >= 11 is 1.60. The molecule has 0 saturated carbocycles. The van der Waals surface area contributed by atoms with Crippen LogP contribution in [0.3, 0.4) is 0 Å². The molecule has 0 saturated heterocycles. The molecule has 2 rings (SSSR count). The van der Waals surface area contributed by atoms with Gasteiger partial charge in [0.2, 0.25) is 0 Å². The first kappa shape index (κ1) is 20.8. The van der Waals surface area contributed by atoms with Gasteiger partial charge in [-0.05, 0) is 70.1 Å². The Kier molecular flexibility index (Phi) is 5.78. The van der Waals surface area contributed by atoms with Crippen molar-refractivity contribution in [2.45, 2.75) is 24.6 Å². The molecule has 0 aliphatic carbocycles. The normalized spacial score (nSPS) is 15.0. The van der Waals surface area contributed by atoms with Crippen LogP contribution in [0, 0.1) is 3.57 Å². The highest BCUT2D eigenvalue weighted by molar-refractivity contribution is 14.1. The van der Waals surface area contributed by atoms with Gasteiger partial charge in [0.15, 0.2) is 0 Å². The van der Waals surface area contributed by atoms with Crippen molar-refractivity contribution in [1.29, 1.82) is 0 Å². The van der Waals surface area contributed by atoms with Crippen LogP contribution in [0.4, 0.5) is 32.0 Å². The van der Waals surface area contributed by atoms with Crippen LogP contribution in [0.15, 0.2) is 36.4 Å². The molecule has 4 N–H and O–H groups in total. The number of hydrogen-bond acceptors (Lipinski definition) is 3. The molecule has 0 aliphatic rings. The largest absolute Gasteiger partial charge is 0.416 e. The number of halogens is 7. The quantitative estimate of drug-likeness (QED) is 0.332. The molecular formula is C16H12F6INO2. The highest BCUT2D eigenvalue weighted by atomic mass is 127. The molecule has 3 nitrogen and oxygen atoms in total. The number of benzene rings is 2. The first-order valence-corrected chi connectivity index (χ1v) is 8.08. The van der Waals surface area contributed by atoms with Crippen LogP contribution in [0.25, 0.3) is 0 Å². The van der Waals surface area contributed by atoms with Crippen molar-refractivity contribution in [3.05, 3.63) is 62.2 Å². The standard InChI is InChI=1S/C16H12F6INO2/c17-15(18,19)9-1-7(3-11(23)5-9)13(25)14(26)8-2-10(16(20,21)22)6-12(24)4-8/h1-6,13-14,25-26H,24H2. The summed E-state index contributed by atoms with van der Waals surface area (Å²) in [7, 11) is 0. The minimum absolute atomic E-state index is 0.141. The van der Waals surface area contributed by atoms with Gasteiger partial charge in [-0.2, -0.15) is 26.3 Å². The van der Waals surface area contributed by atoms with Gasteiger partial charge in [-0.1, -0.05) is 0 Å². The average Bonchev–Trinajstić information content (AvgIpc) is 2.50. The van der Waals surface area contributed by atoms with Crippen molar-refractivity contribution in [3.8, 4) is 0 Å². The maximum Gasteiger partial charge on any atom is 0.416 e. The maximum absolute atomic E-state index is 12.9. The Morgan fingerprint density at radius 2 is 1.15 bits per heavy atom. The van der Waals surface area contributed by atoms with E-state index in [1.165, 1.54) is 6.07 Å². The molecule has 0 fully saturated rings. The van der Waals surface area contributed by atoms with E-state index in [1.807, 2.05) is 0 Å². The number of nitrogens with two attached hydrogens (primary N) is 1. The first-order valence-electron chi connectivity index (χ1n) is 7.00. The molecule has 2 aromatic rings. The van der Waals surface area contributed by atoms with E-state index in [2.05, 4.69) is 0 Å². The third kappa shape index (κ3) is 4.80. The number of rotatable bonds is 3. The van der Waals surface area contributed by atoms with Crippen LogP contribution >= 0.6 is 22.6 Å². The number of anilines is 1. The third-order valence-electron chi connectivity index (χ3n) is 3.53. The Morgan fingerprint density at radius 3 is 1.62 bits per heavy atom. The summed E-state index contributed by atoms with van der Waals surface area (Å²) in [5.41, 5.74) is 2.25. The molecule has 10 heteroatoms. The van der Waals surface area contributed by atoms with Gasteiger partial charge in [0.1, 0.15) is 12.2 Å². The van der Waals surface area contributed by atoms with Crippen LogP contribution in [0.5, 0.6) is 0 Å². The summed E-state index contributed by atoms with van der Waals surface area (Å²) in [6, 6.07) is 4.92. The van der Waals surface area contributed by atoms with E-state index < -0.39 is 35.7 Å². The number of hydrogen-bond donors (Lipinski definition) is 3. The highest BCUT2D eigenvalue weighted by Gasteiger charge is 2.34. The summed E-state index contributed by atoms with van der Waals surface area (Å²) in [5.74, 6) is 0. The van der Waals surface area contributed by atoms with Gasteiger partial charge in [0.25, 0.3) is 0 Å². The van der Waals surface area contributed by atoms with Crippen molar-refractivity contribution in [3.63, 3.8) is 0 Å². The fourth-order valence-corrected chi connectivity index (χ4v) is 3.02. The zero-order chi connectivity index (χ0) is 19.9. The number of nitrogen functional groups attached to an aromatic ring is 1. The number of alkyl halides is 6. The van der Waals surface area contributed by atoms with Crippen LogP contribution in [0.1, 0.15) is 34.5 Å². The van der Waals surface area contributed by atoms with Gasteiger partial charge in [0.05, 0.1) is 11.1 Å². The van der Waals surface area contributed by atoms with Crippen molar-refractivity contribution in [1.82, 2.24) is 0 Å². The van der Waals surface area contributed by atoms with Crippen molar-refractivity contribution < 1.29 is 36.6 Å². The summed E-state index contributed by atoms with van der Waals surface area (Å²) < 4.78 is 77.3. The Labute approximate surface area is 157 Å². The van der Waals surface area contributed by atoms with Gasteiger partial charge in [0, 0.05) is 9.26 Å². The van der Waals surface area contributed by atoms with Gasteiger partial charge >= 0.3 is 12.4 Å². The van der Waals surface area contributed by atoms with E-state index in [0.717, 1.165) is 12.1 Å². The highest BCUT2D eigenvalue weighted by Crippen LogP contribution is 2.38. The van der Waals surface area contributed by atoms with Gasteiger partial charge < -0.3 is 15.9 Å². The topological polar surface area (TPSA) is 66.5 Å². The predicted octanol–water partition coefficient (Wildman–Crippen LogP) is 4.68. The molecule has 2 aromatic carbocycles. The van der Waals surface area contributed by atoms with Crippen molar-refractivity contribution >= 4 is 28.3 Å². The predicted molar refractivity (Wildman–Crippen MR) is 89.9 cm³/mol. The van der Waals surface area contributed by atoms with E-state index in [-0.39, 0.29) is 20.4 Å². The second-order valence-corrected chi connectivity index (χ2v) is 6.79. The summed E-state index contributed by atoms with van der Waals surface area (Å²) in [6.07, 6.45) is -13.2. The molecule has 0 heterocycles. The molecule has 0 amide bonds. The Balaban J connectivity index is 2.43. The molecular weight excluding hydrogens is 479 g/mol. The fraction of sp³-hybridized carbons (Fsp3) is 0.250. The van der Waals surface area contributed by atoms with Crippen LogP contribution in [-0.4, -0.2) is 10.2 Å². The summed E-state index contributed by atoms with van der Waals surface area (Å²) in [4.78, 5) is 0. The van der Waals surface area contributed by atoms with Crippen molar-refractivity contribution in [2.24, 2.45) is 0 Å². The molecule has 0 aliphatic heterocycles. The fourth-order valence-electron chi connectivity index (χ4n) is 2.32. The van der Waals surface area contributed by atoms with E-state index in [9.17, 15) is 36.6 Å². The Bertz CT molecular complexity index is 739. The van der Waals surface area contributed by atoms with E-state index in [4.69, 9.17) is 5.73 Å².